The number of H-pyrrole nitrogens is 1. The second-order valence-electron chi connectivity index (χ2n) is 3.95. The topological polar surface area (TPSA) is 142 Å². The van der Waals surface area contributed by atoms with Crippen molar-refractivity contribution < 1.29 is 14.7 Å². The Hall–Kier alpha value is -2.69. The Morgan fingerprint density at radius 3 is 2.86 bits per heavy atom. The van der Waals surface area contributed by atoms with Crippen LogP contribution in [0.1, 0.15) is 16.2 Å². The minimum Gasteiger partial charge on any atom is -0.476 e. The van der Waals surface area contributed by atoms with E-state index in [0.717, 1.165) is 11.3 Å². The lowest BCUT2D eigenvalue weighted by molar-refractivity contribution is 0.0690. The monoisotopic (exact) mass is 312 g/mol. The van der Waals surface area contributed by atoms with E-state index in [1.807, 2.05) is 0 Å². The molecule has 2 aromatic heterocycles. The van der Waals surface area contributed by atoms with Gasteiger partial charge in [-0.2, -0.15) is 0 Å². The first-order valence-corrected chi connectivity index (χ1v) is 6.74. The molecule has 2 rings (SSSR count). The number of aromatic carboxylic acids is 1. The molecule has 2 aromatic rings. The first-order chi connectivity index (χ1) is 10.0. The lowest BCUT2D eigenvalue weighted by atomic mass is 10.5. The summed E-state index contributed by atoms with van der Waals surface area (Å²) in [6.45, 7) is 0.772. The van der Waals surface area contributed by atoms with Crippen LogP contribution in [0.3, 0.4) is 0 Å². The van der Waals surface area contributed by atoms with Gasteiger partial charge in [0.2, 0.25) is 0 Å². The van der Waals surface area contributed by atoms with Crippen molar-refractivity contribution in [3.63, 3.8) is 0 Å². The molecule has 2 heterocycles. The molecule has 0 spiro atoms. The van der Waals surface area contributed by atoms with Crippen LogP contribution in [0.25, 0.3) is 0 Å². The molecule has 2 amide bonds. The van der Waals surface area contributed by atoms with Crippen molar-refractivity contribution in [3.05, 3.63) is 32.6 Å². The molecule has 0 aromatic carbocycles. The van der Waals surface area contributed by atoms with Gasteiger partial charge in [0.25, 0.3) is 0 Å². The number of urea groups is 1. The summed E-state index contributed by atoms with van der Waals surface area (Å²) in [4.78, 5) is 35.4. The summed E-state index contributed by atoms with van der Waals surface area (Å²) in [5, 5.41) is 22.5. The van der Waals surface area contributed by atoms with Crippen LogP contribution in [0.5, 0.6) is 0 Å². The Balaban J connectivity index is 1.69. The maximum atomic E-state index is 11.5. The molecule has 4 N–H and O–H groups in total. The van der Waals surface area contributed by atoms with Gasteiger partial charge in [-0.25, -0.2) is 14.3 Å². The minimum absolute atomic E-state index is 0.152. The van der Waals surface area contributed by atoms with E-state index in [2.05, 4.69) is 25.9 Å². The second kappa shape index (κ2) is 6.65. The number of carbonyl (C=O) groups excluding carboxylic acids is 1. The number of amides is 2. The average molecular weight is 312 g/mol. The van der Waals surface area contributed by atoms with Crippen LogP contribution < -0.4 is 15.5 Å². The van der Waals surface area contributed by atoms with E-state index < -0.39 is 12.0 Å². The van der Waals surface area contributed by atoms with Gasteiger partial charge < -0.3 is 20.7 Å². The van der Waals surface area contributed by atoms with E-state index in [-0.39, 0.29) is 23.7 Å². The number of nitrogens with one attached hydrogen (secondary N) is 3. The number of carbonyl (C=O) groups is 2. The molecule has 0 saturated heterocycles. The van der Waals surface area contributed by atoms with Gasteiger partial charge in [-0.05, 0) is 0 Å². The van der Waals surface area contributed by atoms with Gasteiger partial charge in [-0.15, -0.1) is 5.10 Å². The summed E-state index contributed by atoms with van der Waals surface area (Å²) in [7, 11) is 0. The van der Waals surface area contributed by atoms with Crippen molar-refractivity contribution in [2.75, 3.05) is 6.54 Å². The van der Waals surface area contributed by atoms with Crippen molar-refractivity contribution in [2.24, 2.45) is 0 Å². The van der Waals surface area contributed by atoms with E-state index in [0.29, 0.717) is 12.2 Å². The van der Waals surface area contributed by atoms with Gasteiger partial charge in [0, 0.05) is 17.6 Å². The van der Waals surface area contributed by atoms with Gasteiger partial charge in [-0.3, -0.25) is 4.79 Å². The molecule has 0 bridgehead atoms. The Morgan fingerprint density at radius 2 is 2.24 bits per heavy atom. The Labute approximate surface area is 121 Å². The highest BCUT2D eigenvalue weighted by molar-refractivity contribution is 7.07. The van der Waals surface area contributed by atoms with Crippen molar-refractivity contribution >= 4 is 23.3 Å². The van der Waals surface area contributed by atoms with Crippen LogP contribution in [0, 0.1) is 0 Å². The summed E-state index contributed by atoms with van der Waals surface area (Å²) < 4.78 is 1.32. The molecule has 0 aliphatic rings. The lowest BCUT2D eigenvalue weighted by Crippen LogP contribution is -2.37. The predicted molar refractivity (Wildman–Crippen MR) is 72.2 cm³/mol. The third-order valence-corrected chi connectivity index (χ3v) is 3.11. The van der Waals surface area contributed by atoms with Crippen LogP contribution in [-0.2, 0) is 13.1 Å². The summed E-state index contributed by atoms with van der Waals surface area (Å²) in [6, 6.07) is -0.402. The van der Waals surface area contributed by atoms with Crippen molar-refractivity contribution in [1.82, 2.24) is 30.6 Å². The summed E-state index contributed by atoms with van der Waals surface area (Å²) >= 11 is 1.03. The maximum absolute atomic E-state index is 11.5. The van der Waals surface area contributed by atoms with Gasteiger partial charge in [-0.1, -0.05) is 16.6 Å². The zero-order chi connectivity index (χ0) is 15.2. The van der Waals surface area contributed by atoms with E-state index >= 15 is 0 Å². The highest BCUT2D eigenvalue weighted by Crippen LogP contribution is 1.94. The summed E-state index contributed by atoms with van der Waals surface area (Å²) in [5.41, 5.74) is 0.475. The number of carboxylic acids is 1. The highest BCUT2D eigenvalue weighted by atomic mass is 32.1. The van der Waals surface area contributed by atoms with E-state index in [4.69, 9.17) is 5.11 Å². The number of nitrogens with zero attached hydrogens (tertiary/aromatic N) is 3. The zero-order valence-electron chi connectivity index (χ0n) is 10.7. The molecule has 10 nitrogen and oxygen atoms in total. The molecule has 0 saturated carbocycles. The highest BCUT2D eigenvalue weighted by Gasteiger charge is 2.08. The molecular weight excluding hydrogens is 300 g/mol. The van der Waals surface area contributed by atoms with Gasteiger partial charge >= 0.3 is 16.9 Å². The molecule has 112 valence electrons. The first kappa shape index (κ1) is 14.7. The third-order valence-electron chi connectivity index (χ3n) is 2.39. The van der Waals surface area contributed by atoms with Crippen molar-refractivity contribution in [3.8, 4) is 0 Å². The SMILES string of the molecule is O=C(NCCn1cc(C(=O)O)nn1)NCc1csc(=O)[nH]1. The largest absolute Gasteiger partial charge is 0.476 e. The number of rotatable bonds is 6. The van der Waals surface area contributed by atoms with Gasteiger partial charge in [0.1, 0.15) is 0 Å². The van der Waals surface area contributed by atoms with Crippen LogP contribution in [-0.4, -0.2) is 43.6 Å². The van der Waals surface area contributed by atoms with Crippen LogP contribution in [0.2, 0.25) is 0 Å². The van der Waals surface area contributed by atoms with Gasteiger partial charge in [0.15, 0.2) is 5.69 Å². The minimum atomic E-state index is -1.16. The number of aromatic nitrogens is 4. The molecule has 0 atom stereocenters. The van der Waals surface area contributed by atoms with E-state index in [1.165, 1.54) is 10.9 Å². The number of thiazole rings is 1. The van der Waals surface area contributed by atoms with Gasteiger partial charge in [0.05, 0.1) is 19.3 Å². The fraction of sp³-hybridized carbons (Fsp3) is 0.300. The number of aromatic amines is 1. The standard InChI is InChI=1S/C10H12N6O4S/c17-8(18)7-4-16(15-14-7)2-1-11-9(19)12-3-6-5-21-10(20)13-6/h4-5H,1-3H2,(H,13,20)(H,17,18)(H2,11,12,19). The maximum Gasteiger partial charge on any atom is 0.358 e. The third kappa shape index (κ3) is 4.42. The molecule has 0 unspecified atom stereocenters. The Morgan fingerprint density at radius 1 is 1.43 bits per heavy atom. The fourth-order valence-corrected chi connectivity index (χ4v) is 2.01. The predicted octanol–water partition coefficient (Wildman–Crippen LogP) is -0.774. The Bertz CT molecular complexity index is 690. The lowest BCUT2D eigenvalue weighted by Gasteiger charge is -2.06. The molecule has 0 radical (unpaired) electrons. The Kier molecular flexibility index (Phi) is 4.66. The molecule has 21 heavy (non-hydrogen) atoms. The fourth-order valence-electron chi connectivity index (χ4n) is 1.43. The first-order valence-electron chi connectivity index (χ1n) is 5.86. The molecular formula is C10H12N6O4S. The van der Waals surface area contributed by atoms with Crippen molar-refractivity contribution in [1.29, 1.82) is 0 Å². The van der Waals surface area contributed by atoms with E-state index in [9.17, 15) is 14.4 Å². The second-order valence-corrected chi connectivity index (χ2v) is 4.80. The normalized spacial score (nSPS) is 10.3. The molecule has 0 aliphatic carbocycles. The summed E-state index contributed by atoms with van der Waals surface area (Å²) in [6.07, 6.45) is 1.28. The molecule has 11 heteroatoms. The van der Waals surface area contributed by atoms with Crippen LogP contribution in [0.15, 0.2) is 16.4 Å². The molecule has 0 aliphatic heterocycles. The quantitative estimate of drug-likeness (QED) is 0.551. The van der Waals surface area contributed by atoms with Crippen LogP contribution in [0.4, 0.5) is 4.79 Å². The average Bonchev–Trinajstić information content (AvgIpc) is 3.05. The number of carboxylic acid groups (broad SMARTS) is 1. The van der Waals surface area contributed by atoms with Crippen molar-refractivity contribution in [2.45, 2.75) is 13.1 Å². The number of hydrogen-bond acceptors (Lipinski definition) is 6. The summed E-state index contributed by atoms with van der Waals surface area (Å²) in [5.74, 6) is -1.16. The van der Waals surface area contributed by atoms with Crippen LogP contribution >= 0.6 is 11.3 Å². The molecule has 0 fully saturated rings. The smallest absolute Gasteiger partial charge is 0.358 e. The number of hydrogen-bond donors (Lipinski definition) is 4. The zero-order valence-corrected chi connectivity index (χ0v) is 11.5. The van der Waals surface area contributed by atoms with E-state index in [1.54, 1.807) is 5.38 Å².